The van der Waals surface area contributed by atoms with Crippen LogP contribution in [0.25, 0.3) is 0 Å². The Balaban J connectivity index is 2.62. The molecule has 9 N–H and O–H groups in total. The molecule has 0 saturated carbocycles. The summed E-state index contributed by atoms with van der Waals surface area (Å²) in [6, 6.07) is -3.04. The molecule has 0 aliphatic carbocycles. The van der Waals surface area contributed by atoms with Crippen LogP contribution in [0.5, 0.6) is 0 Å². The Morgan fingerprint density at radius 2 is 2.04 bits per heavy atom. The topological polar surface area (TPSA) is 195 Å². The molecule has 1 aliphatic heterocycles. The molecule has 0 unspecified atom stereocenters. The van der Waals surface area contributed by atoms with Gasteiger partial charge < -0.3 is 37.2 Å². The number of amides is 2. The van der Waals surface area contributed by atoms with Crippen molar-refractivity contribution in [1.82, 2.24) is 15.5 Å². The number of aliphatic hydroxyl groups is 1. The van der Waals surface area contributed by atoms with E-state index < -0.39 is 36.1 Å². The fourth-order valence-corrected chi connectivity index (χ4v) is 2.82. The SMILES string of the molecule is C[C@@H](O)[C@H](NC(=O)[C@@H]1CCCN1C(=O)[C@@H](N)CCCNC(=N)N)C(=O)O. The van der Waals surface area contributed by atoms with E-state index in [9.17, 15) is 19.5 Å². The number of hydrogen-bond acceptors (Lipinski definition) is 6. The average molecular weight is 372 g/mol. The minimum atomic E-state index is -1.44. The lowest BCUT2D eigenvalue weighted by Crippen LogP contribution is -2.56. The highest BCUT2D eigenvalue weighted by Crippen LogP contribution is 2.19. The molecule has 0 aromatic rings. The van der Waals surface area contributed by atoms with Crippen LogP contribution in [-0.4, -0.2) is 76.2 Å². The summed E-state index contributed by atoms with van der Waals surface area (Å²) in [5, 5.41) is 30.5. The molecular formula is C15H28N6O5. The molecule has 2 amide bonds. The summed E-state index contributed by atoms with van der Waals surface area (Å²) in [4.78, 5) is 37.3. The molecule has 1 heterocycles. The van der Waals surface area contributed by atoms with Gasteiger partial charge in [-0.3, -0.25) is 15.0 Å². The second kappa shape index (κ2) is 9.92. The number of nitrogens with two attached hydrogens (primary N) is 2. The third kappa shape index (κ3) is 6.15. The van der Waals surface area contributed by atoms with Crippen molar-refractivity contribution in [1.29, 1.82) is 5.41 Å². The largest absolute Gasteiger partial charge is 0.480 e. The van der Waals surface area contributed by atoms with Gasteiger partial charge in [-0.1, -0.05) is 0 Å². The van der Waals surface area contributed by atoms with Gasteiger partial charge >= 0.3 is 5.97 Å². The Morgan fingerprint density at radius 1 is 1.38 bits per heavy atom. The summed E-state index contributed by atoms with van der Waals surface area (Å²) in [6.07, 6.45) is 0.630. The number of guanidine groups is 1. The summed E-state index contributed by atoms with van der Waals surface area (Å²) >= 11 is 0. The minimum absolute atomic E-state index is 0.160. The highest BCUT2D eigenvalue weighted by Gasteiger charge is 2.38. The highest BCUT2D eigenvalue weighted by atomic mass is 16.4. The van der Waals surface area contributed by atoms with E-state index in [-0.39, 0.29) is 11.9 Å². The van der Waals surface area contributed by atoms with Gasteiger partial charge in [0.1, 0.15) is 6.04 Å². The van der Waals surface area contributed by atoms with Crippen LogP contribution in [0, 0.1) is 5.41 Å². The Labute approximate surface area is 151 Å². The predicted molar refractivity (Wildman–Crippen MR) is 93.1 cm³/mol. The van der Waals surface area contributed by atoms with Gasteiger partial charge in [-0.05, 0) is 32.6 Å². The molecule has 1 fully saturated rings. The van der Waals surface area contributed by atoms with Crippen LogP contribution in [0.3, 0.4) is 0 Å². The van der Waals surface area contributed by atoms with Crippen LogP contribution in [-0.2, 0) is 14.4 Å². The lowest BCUT2D eigenvalue weighted by atomic mass is 10.1. The number of hydrogen-bond donors (Lipinski definition) is 7. The van der Waals surface area contributed by atoms with Crippen LogP contribution in [0.2, 0.25) is 0 Å². The van der Waals surface area contributed by atoms with Gasteiger partial charge in [0.15, 0.2) is 12.0 Å². The normalized spacial score (nSPS) is 20.1. The van der Waals surface area contributed by atoms with E-state index in [1.807, 2.05) is 0 Å². The summed E-state index contributed by atoms with van der Waals surface area (Å²) < 4.78 is 0. The number of rotatable bonds is 9. The van der Waals surface area contributed by atoms with E-state index in [0.29, 0.717) is 38.8 Å². The number of aliphatic hydroxyl groups excluding tert-OH is 1. The Bertz CT molecular complexity index is 541. The first-order valence-corrected chi connectivity index (χ1v) is 8.50. The minimum Gasteiger partial charge on any atom is -0.480 e. The monoisotopic (exact) mass is 372 g/mol. The molecule has 0 aromatic carbocycles. The van der Waals surface area contributed by atoms with Gasteiger partial charge in [0, 0.05) is 13.1 Å². The highest BCUT2D eigenvalue weighted by molar-refractivity contribution is 5.92. The fourth-order valence-electron chi connectivity index (χ4n) is 2.82. The maximum atomic E-state index is 12.5. The van der Waals surface area contributed by atoms with Crippen molar-refractivity contribution in [2.45, 2.75) is 56.8 Å². The Hall–Kier alpha value is -2.40. The van der Waals surface area contributed by atoms with E-state index in [4.69, 9.17) is 22.0 Å². The maximum absolute atomic E-state index is 12.5. The smallest absolute Gasteiger partial charge is 0.328 e. The van der Waals surface area contributed by atoms with Crippen LogP contribution in [0.15, 0.2) is 0 Å². The molecule has 11 heteroatoms. The fraction of sp³-hybridized carbons (Fsp3) is 0.733. The van der Waals surface area contributed by atoms with Crippen molar-refractivity contribution in [3.8, 4) is 0 Å². The molecule has 26 heavy (non-hydrogen) atoms. The second-order valence-corrected chi connectivity index (χ2v) is 6.34. The average Bonchev–Trinajstić information content (AvgIpc) is 3.04. The summed E-state index contributed by atoms with van der Waals surface area (Å²) in [6.45, 7) is 2.04. The van der Waals surface area contributed by atoms with Gasteiger partial charge in [0.25, 0.3) is 0 Å². The number of likely N-dealkylation sites (tertiary alicyclic amines) is 1. The first-order valence-electron chi connectivity index (χ1n) is 8.50. The Kier molecular flexibility index (Phi) is 8.26. The zero-order valence-corrected chi connectivity index (χ0v) is 14.8. The molecule has 11 nitrogen and oxygen atoms in total. The van der Waals surface area contributed by atoms with E-state index in [1.54, 1.807) is 0 Å². The molecule has 1 aliphatic rings. The third-order valence-corrected chi connectivity index (χ3v) is 4.21. The molecule has 0 radical (unpaired) electrons. The summed E-state index contributed by atoms with van der Waals surface area (Å²) in [7, 11) is 0. The number of carboxylic acids is 1. The van der Waals surface area contributed by atoms with Crippen LogP contribution < -0.4 is 22.1 Å². The molecule has 4 atom stereocenters. The summed E-state index contributed by atoms with van der Waals surface area (Å²) in [5.41, 5.74) is 11.1. The summed E-state index contributed by atoms with van der Waals surface area (Å²) in [5.74, 6) is -2.50. The third-order valence-electron chi connectivity index (χ3n) is 4.21. The van der Waals surface area contributed by atoms with Crippen LogP contribution in [0.1, 0.15) is 32.6 Å². The molecule has 0 spiro atoms. The molecular weight excluding hydrogens is 344 g/mol. The van der Waals surface area contributed by atoms with Gasteiger partial charge in [0.05, 0.1) is 12.1 Å². The van der Waals surface area contributed by atoms with Crippen molar-refractivity contribution in [2.75, 3.05) is 13.1 Å². The number of nitrogens with one attached hydrogen (secondary N) is 3. The van der Waals surface area contributed by atoms with E-state index in [0.717, 1.165) is 0 Å². The number of carbonyl (C=O) groups excluding carboxylic acids is 2. The van der Waals surface area contributed by atoms with Crippen molar-refractivity contribution in [3.63, 3.8) is 0 Å². The molecule has 148 valence electrons. The zero-order valence-electron chi connectivity index (χ0n) is 14.8. The van der Waals surface area contributed by atoms with Crippen molar-refractivity contribution >= 4 is 23.7 Å². The maximum Gasteiger partial charge on any atom is 0.328 e. The lowest BCUT2D eigenvalue weighted by molar-refractivity contribution is -0.146. The number of carboxylic acid groups (broad SMARTS) is 1. The quantitative estimate of drug-likeness (QED) is 0.131. The first kappa shape index (κ1) is 21.6. The van der Waals surface area contributed by atoms with E-state index >= 15 is 0 Å². The van der Waals surface area contributed by atoms with Gasteiger partial charge in [-0.2, -0.15) is 0 Å². The van der Waals surface area contributed by atoms with Gasteiger partial charge in [-0.25, -0.2) is 4.79 Å². The van der Waals surface area contributed by atoms with Gasteiger partial charge in [-0.15, -0.1) is 0 Å². The zero-order chi connectivity index (χ0) is 19.9. The van der Waals surface area contributed by atoms with Gasteiger partial charge in [0.2, 0.25) is 11.8 Å². The number of aliphatic carboxylic acids is 1. The molecule has 0 aromatic heterocycles. The van der Waals surface area contributed by atoms with Crippen LogP contribution >= 0.6 is 0 Å². The Morgan fingerprint density at radius 3 is 2.58 bits per heavy atom. The molecule has 1 saturated heterocycles. The standard InChI is InChI=1S/C15H28N6O5/c1-8(22)11(14(25)26)20-12(23)10-5-3-7-21(10)13(24)9(16)4-2-6-19-15(17)18/h8-11,22H,2-7,16H2,1H3,(H,20,23)(H,25,26)(H4,17,18,19)/t8-,9+,10+,11+/m1/s1. The second-order valence-electron chi connectivity index (χ2n) is 6.34. The van der Waals surface area contributed by atoms with E-state index in [2.05, 4.69) is 10.6 Å². The predicted octanol–water partition coefficient (Wildman–Crippen LogP) is -2.48. The molecule has 0 bridgehead atoms. The lowest BCUT2D eigenvalue weighted by Gasteiger charge is -2.28. The van der Waals surface area contributed by atoms with Crippen LogP contribution in [0.4, 0.5) is 0 Å². The van der Waals surface area contributed by atoms with Crippen molar-refractivity contribution in [2.24, 2.45) is 11.5 Å². The van der Waals surface area contributed by atoms with E-state index in [1.165, 1.54) is 11.8 Å². The van der Waals surface area contributed by atoms with Crippen molar-refractivity contribution in [3.05, 3.63) is 0 Å². The molecule has 1 rings (SSSR count). The number of carbonyl (C=O) groups is 3. The first-order chi connectivity index (χ1) is 12.1. The number of nitrogens with zero attached hydrogens (tertiary/aromatic N) is 1. The van der Waals surface area contributed by atoms with Crippen molar-refractivity contribution < 1.29 is 24.6 Å².